The molecule has 2 aromatic carbocycles. The number of benzene rings is 2. The summed E-state index contributed by atoms with van der Waals surface area (Å²) < 4.78 is 25.9. The highest BCUT2D eigenvalue weighted by Crippen LogP contribution is 2.22. The number of nitro groups is 1. The summed E-state index contributed by atoms with van der Waals surface area (Å²) in [7, 11) is 0.771. The second kappa shape index (κ2) is 8.14. The van der Waals surface area contributed by atoms with Gasteiger partial charge in [-0.25, -0.2) is 12.7 Å². The Bertz CT molecular complexity index is 973. The van der Waals surface area contributed by atoms with Gasteiger partial charge in [0, 0.05) is 45.5 Å². The lowest BCUT2D eigenvalue weighted by Crippen LogP contribution is -2.27. The smallest absolute Gasteiger partial charge is 0.270 e. The minimum Gasteiger partial charge on any atom is -0.387 e. The van der Waals surface area contributed by atoms with Crippen molar-refractivity contribution in [2.45, 2.75) is 11.4 Å². The minimum atomic E-state index is -3.67. The van der Waals surface area contributed by atoms with Crippen molar-refractivity contribution in [3.05, 3.63) is 63.7 Å². The van der Waals surface area contributed by atoms with Crippen LogP contribution in [0.2, 0.25) is 0 Å². The van der Waals surface area contributed by atoms with Crippen LogP contribution in [0.1, 0.15) is 15.9 Å². The molecule has 0 aliphatic heterocycles. The molecule has 0 saturated heterocycles. The van der Waals surface area contributed by atoms with E-state index < -0.39 is 20.9 Å². The molecule has 9 nitrogen and oxygen atoms in total. The van der Waals surface area contributed by atoms with Gasteiger partial charge < -0.3 is 10.6 Å². The Morgan fingerprint density at radius 3 is 2.44 bits per heavy atom. The van der Waals surface area contributed by atoms with Gasteiger partial charge in [-0.15, -0.1) is 0 Å². The molecular weight excluding hydrogens is 372 g/mol. The molecule has 0 fully saturated rings. The van der Waals surface area contributed by atoms with Crippen LogP contribution in [-0.4, -0.2) is 44.7 Å². The maximum absolute atomic E-state index is 12.5. The third-order valence-corrected chi connectivity index (χ3v) is 5.81. The van der Waals surface area contributed by atoms with Crippen LogP contribution in [0.3, 0.4) is 0 Å². The summed E-state index contributed by atoms with van der Waals surface area (Å²) in [6.45, 7) is -0.0477. The van der Waals surface area contributed by atoms with E-state index in [9.17, 15) is 23.3 Å². The summed E-state index contributed by atoms with van der Waals surface area (Å²) in [6, 6.07) is 10.2. The lowest BCUT2D eigenvalue weighted by Gasteiger charge is -2.16. The number of hydrogen-bond acceptors (Lipinski definition) is 6. The molecule has 0 aliphatic carbocycles. The van der Waals surface area contributed by atoms with Gasteiger partial charge in [-0.3, -0.25) is 14.9 Å². The van der Waals surface area contributed by atoms with Gasteiger partial charge in [0.25, 0.3) is 11.6 Å². The second-order valence-electron chi connectivity index (χ2n) is 5.81. The summed E-state index contributed by atoms with van der Waals surface area (Å²) in [4.78, 5) is 23.0. The lowest BCUT2D eigenvalue weighted by molar-refractivity contribution is -0.384. The Morgan fingerprint density at radius 2 is 1.85 bits per heavy atom. The standard InChI is InChI=1S/C17H20N4O5S/c1-18-15-9-8-13(21(23)24)10-14(15)17(22)19-11-12-6-4-5-7-16(12)27(25,26)20(2)3/h4-10,18H,11H2,1-3H3,(H,19,22). The van der Waals surface area contributed by atoms with Gasteiger partial charge in [0.1, 0.15) is 0 Å². The van der Waals surface area contributed by atoms with Gasteiger partial charge in [0.05, 0.1) is 15.4 Å². The van der Waals surface area contributed by atoms with Gasteiger partial charge in [0.15, 0.2) is 0 Å². The number of nitro benzene ring substituents is 1. The number of sulfonamides is 1. The highest BCUT2D eigenvalue weighted by molar-refractivity contribution is 7.89. The zero-order chi connectivity index (χ0) is 20.2. The number of anilines is 1. The van der Waals surface area contributed by atoms with E-state index in [1.165, 1.54) is 38.4 Å². The highest BCUT2D eigenvalue weighted by atomic mass is 32.2. The van der Waals surface area contributed by atoms with Gasteiger partial charge in [0.2, 0.25) is 10.0 Å². The van der Waals surface area contributed by atoms with Crippen molar-refractivity contribution in [2.75, 3.05) is 26.5 Å². The van der Waals surface area contributed by atoms with Crippen molar-refractivity contribution in [1.29, 1.82) is 0 Å². The molecule has 2 aromatic rings. The molecule has 0 spiro atoms. The maximum Gasteiger partial charge on any atom is 0.270 e. The van der Waals surface area contributed by atoms with Crippen molar-refractivity contribution >= 4 is 27.3 Å². The van der Waals surface area contributed by atoms with Gasteiger partial charge in [-0.1, -0.05) is 18.2 Å². The number of amides is 1. The zero-order valence-corrected chi connectivity index (χ0v) is 15.9. The van der Waals surface area contributed by atoms with E-state index in [4.69, 9.17) is 0 Å². The largest absolute Gasteiger partial charge is 0.387 e. The second-order valence-corrected chi connectivity index (χ2v) is 7.94. The van der Waals surface area contributed by atoms with Gasteiger partial charge in [-0.2, -0.15) is 0 Å². The van der Waals surface area contributed by atoms with Crippen LogP contribution in [0.25, 0.3) is 0 Å². The van der Waals surface area contributed by atoms with E-state index in [0.29, 0.717) is 11.3 Å². The van der Waals surface area contributed by atoms with E-state index in [0.717, 1.165) is 4.31 Å². The molecule has 27 heavy (non-hydrogen) atoms. The van der Waals surface area contributed by atoms with E-state index in [-0.39, 0.29) is 22.7 Å². The average molecular weight is 392 g/mol. The summed E-state index contributed by atoms with van der Waals surface area (Å²) in [5, 5.41) is 16.4. The summed E-state index contributed by atoms with van der Waals surface area (Å²) in [6.07, 6.45) is 0. The molecule has 0 aliphatic rings. The van der Waals surface area contributed by atoms with E-state index >= 15 is 0 Å². The molecule has 0 aromatic heterocycles. The Labute approximate surface area is 157 Å². The summed E-state index contributed by atoms with van der Waals surface area (Å²) >= 11 is 0. The van der Waals surface area contributed by atoms with Gasteiger partial charge >= 0.3 is 0 Å². The molecule has 2 N–H and O–H groups in total. The van der Waals surface area contributed by atoms with Crippen LogP contribution >= 0.6 is 0 Å². The molecule has 10 heteroatoms. The fourth-order valence-electron chi connectivity index (χ4n) is 2.42. The topological polar surface area (TPSA) is 122 Å². The number of nitrogens with zero attached hydrogens (tertiary/aromatic N) is 2. The SMILES string of the molecule is CNc1ccc([N+](=O)[O-])cc1C(=O)NCc1ccccc1S(=O)(=O)N(C)C. The van der Waals surface area contributed by atoms with Crippen LogP contribution in [0, 0.1) is 10.1 Å². The Morgan fingerprint density at radius 1 is 1.19 bits per heavy atom. The van der Waals surface area contributed by atoms with Gasteiger partial charge in [-0.05, 0) is 17.7 Å². The minimum absolute atomic E-state index is 0.0477. The first kappa shape index (κ1) is 20.3. The molecule has 0 atom stereocenters. The lowest BCUT2D eigenvalue weighted by atomic mass is 10.1. The third kappa shape index (κ3) is 4.41. The zero-order valence-electron chi connectivity index (χ0n) is 15.1. The molecule has 1 amide bonds. The first-order chi connectivity index (χ1) is 12.7. The maximum atomic E-state index is 12.5. The van der Waals surface area contributed by atoms with Crippen molar-refractivity contribution in [3.8, 4) is 0 Å². The monoisotopic (exact) mass is 392 g/mol. The quantitative estimate of drug-likeness (QED) is 0.547. The molecule has 0 radical (unpaired) electrons. The molecule has 144 valence electrons. The van der Waals surface area contributed by atoms with Crippen LogP contribution in [-0.2, 0) is 16.6 Å². The average Bonchev–Trinajstić information content (AvgIpc) is 2.65. The summed E-state index contributed by atoms with van der Waals surface area (Å²) in [5.74, 6) is -0.555. The van der Waals surface area contributed by atoms with Crippen molar-refractivity contribution < 1.29 is 18.1 Å². The first-order valence-corrected chi connectivity index (χ1v) is 9.37. The van der Waals surface area contributed by atoms with Crippen LogP contribution in [0.4, 0.5) is 11.4 Å². The Kier molecular flexibility index (Phi) is 6.13. The van der Waals surface area contributed by atoms with Crippen LogP contribution in [0.15, 0.2) is 47.4 Å². The Balaban J connectivity index is 2.30. The molecule has 0 heterocycles. The van der Waals surface area contributed by atoms with E-state index in [1.54, 1.807) is 25.2 Å². The number of non-ortho nitro benzene ring substituents is 1. The predicted molar refractivity (Wildman–Crippen MR) is 101 cm³/mol. The number of rotatable bonds is 7. The van der Waals surface area contributed by atoms with Crippen LogP contribution < -0.4 is 10.6 Å². The highest BCUT2D eigenvalue weighted by Gasteiger charge is 2.22. The third-order valence-electron chi connectivity index (χ3n) is 3.90. The molecule has 0 bridgehead atoms. The summed E-state index contributed by atoms with van der Waals surface area (Å²) in [5.41, 5.74) is 0.720. The normalized spacial score (nSPS) is 11.3. The molecule has 0 unspecified atom stereocenters. The molecule has 2 rings (SSSR count). The number of nitrogens with one attached hydrogen (secondary N) is 2. The van der Waals surface area contributed by atoms with E-state index in [2.05, 4.69) is 10.6 Å². The first-order valence-electron chi connectivity index (χ1n) is 7.93. The Hall–Kier alpha value is -2.98. The number of carbonyl (C=O) groups is 1. The fourth-order valence-corrected chi connectivity index (χ4v) is 3.54. The van der Waals surface area contributed by atoms with E-state index in [1.807, 2.05) is 0 Å². The van der Waals surface area contributed by atoms with Crippen molar-refractivity contribution in [1.82, 2.24) is 9.62 Å². The molecule has 0 saturated carbocycles. The van der Waals surface area contributed by atoms with Crippen LogP contribution in [0.5, 0.6) is 0 Å². The molecular formula is C17H20N4O5S. The van der Waals surface area contributed by atoms with Crippen molar-refractivity contribution in [2.24, 2.45) is 0 Å². The number of hydrogen-bond donors (Lipinski definition) is 2. The fraction of sp³-hybridized carbons (Fsp3) is 0.235. The number of carbonyl (C=O) groups excluding carboxylic acids is 1. The predicted octanol–water partition coefficient (Wildman–Crippen LogP) is 1.82. The van der Waals surface area contributed by atoms with Crippen molar-refractivity contribution in [3.63, 3.8) is 0 Å².